The molecule has 4 aromatic carbocycles. The molecule has 0 bridgehead atoms. The zero-order chi connectivity index (χ0) is 24.5. The van der Waals surface area contributed by atoms with Crippen LogP contribution in [-0.4, -0.2) is 17.7 Å². The predicted octanol–water partition coefficient (Wildman–Crippen LogP) is 6.18. The van der Waals surface area contributed by atoms with Crippen LogP contribution in [0.3, 0.4) is 0 Å². The first-order chi connectivity index (χ1) is 16.9. The Morgan fingerprint density at radius 3 is 2.20 bits per heavy atom. The maximum atomic E-state index is 12.9. The third kappa shape index (κ3) is 4.25. The van der Waals surface area contributed by atoms with Crippen LogP contribution in [0.5, 0.6) is 0 Å². The van der Waals surface area contributed by atoms with E-state index in [1.165, 1.54) is 0 Å². The van der Waals surface area contributed by atoms with Gasteiger partial charge in [-0.3, -0.25) is 14.4 Å². The van der Waals surface area contributed by atoms with E-state index in [0.29, 0.717) is 16.9 Å². The third-order valence-electron chi connectivity index (χ3n) is 5.57. The van der Waals surface area contributed by atoms with Crippen molar-refractivity contribution in [2.75, 3.05) is 15.5 Å². The molecule has 0 spiro atoms. The molecule has 0 radical (unpaired) electrons. The smallest absolute Gasteiger partial charge is 0.283 e. The number of hydrogen-bond acceptors (Lipinski definition) is 4. The second-order valence-corrected chi connectivity index (χ2v) is 8.55. The monoisotopic (exact) mass is 501 g/mol. The van der Waals surface area contributed by atoms with Gasteiger partial charge in [0.05, 0.1) is 10.7 Å². The quantitative estimate of drug-likeness (QED) is 0.320. The number of benzene rings is 4. The van der Waals surface area contributed by atoms with Crippen LogP contribution in [-0.2, 0) is 9.59 Å². The van der Waals surface area contributed by atoms with Crippen molar-refractivity contribution in [1.82, 2.24) is 0 Å². The number of amides is 3. The number of rotatable bonds is 5. The van der Waals surface area contributed by atoms with Gasteiger partial charge in [-0.15, -0.1) is 0 Å². The van der Waals surface area contributed by atoms with Crippen LogP contribution < -0.4 is 15.5 Å². The van der Waals surface area contributed by atoms with Crippen molar-refractivity contribution in [2.45, 2.75) is 0 Å². The van der Waals surface area contributed by atoms with Crippen molar-refractivity contribution in [3.8, 4) is 0 Å². The Hall–Kier alpha value is -4.13. The second kappa shape index (κ2) is 9.25. The van der Waals surface area contributed by atoms with Crippen LogP contribution in [0.1, 0.15) is 10.4 Å². The first-order valence-corrected chi connectivity index (χ1v) is 11.4. The summed E-state index contributed by atoms with van der Waals surface area (Å²) in [6.45, 7) is 0. The number of halogens is 2. The first kappa shape index (κ1) is 22.7. The van der Waals surface area contributed by atoms with Crippen LogP contribution in [0.2, 0.25) is 5.02 Å². The van der Waals surface area contributed by atoms with E-state index in [2.05, 4.69) is 10.6 Å². The Balaban J connectivity index is 1.33. The third-order valence-corrected chi connectivity index (χ3v) is 6.25. The Kier molecular flexibility index (Phi) is 5.99. The number of carbonyl (C=O) groups is 3. The lowest BCUT2D eigenvalue weighted by Gasteiger charge is -2.16. The van der Waals surface area contributed by atoms with E-state index in [-0.39, 0.29) is 27.3 Å². The zero-order valence-corrected chi connectivity index (χ0v) is 19.6. The largest absolute Gasteiger partial charge is 0.350 e. The number of fused-ring (bicyclic) bond motifs is 1. The molecule has 1 heterocycles. The minimum Gasteiger partial charge on any atom is -0.350 e. The molecular weight excluding hydrogens is 485 g/mol. The summed E-state index contributed by atoms with van der Waals surface area (Å²) >= 11 is 12.3. The highest BCUT2D eigenvalue weighted by Gasteiger charge is 2.39. The van der Waals surface area contributed by atoms with E-state index in [4.69, 9.17) is 23.2 Å². The summed E-state index contributed by atoms with van der Waals surface area (Å²) < 4.78 is 0. The summed E-state index contributed by atoms with van der Waals surface area (Å²) in [7, 11) is 0. The van der Waals surface area contributed by atoms with E-state index in [9.17, 15) is 14.4 Å². The van der Waals surface area contributed by atoms with Gasteiger partial charge in [-0.05, 0) is 47.9 Å². The van der Waals surface area contributed by atoms with E-state index in [0.717, 1.165) is 15.7 Å². The molecule has 0 aromatic heterocycles. The van der Waals surface area contributed by atoms with Crippen LogP contribution >= 0.6 is 23.2 Å². The second-order valence-electron chi connectivity index (χ2n) is 7.77. The molecule has 0 atom stereocenters. The Bertz CT molecular complexity index is 1530. The van der Waals surface area contributed by atoms with Crippen LogP contribution in [0.25, 0.3) is 10.8 Å². The predicted molar refractivity (Wildman–Crippen MR) is 139 cm³/mol. The molecule has 0 aliphatic carbocycles. The van der Waals surface area contributed by atoms with Gasteiger partial charge in [-0.25, -0.2) is 4.90 Å². The molecule has 0 unspecified atom stereocenters. The molecular formula is C27H17Cl2N3O3. The van der Waals surface area contributed by atoms with Crippen molar-refractivity contribution in [3.05, 3.63) is 112 Å². The number of hydrogen-bond donors (Lipinski definition) is 2. The van der Waals surface area contributed by atoms with Gasteiger partial charge in [0, 0.05) is 22.3 Å². The number of nitrogens with one attached hydrogen (secondary N) is 2. The minimum absolute atomic E-state index is 0.0652. The SMILES string of the molecule is O=C(Nc1cccc2ccccc12)c1ccc(NC2=C(Cl)C(=O)N(c3ccccc3Cl)C2=O)cc1. The molecule has 6 nitrogen and oxygen atoms in total. The molecule has 3 amide bonds. The van der Waals surface area contributed by atoms with Crippen molar-refractivity contribution in [2.24, 2.45) is 0 Å². The fourth-order valence-corrected chi connectivity index (χ4v) is 4.27. The lowest BCUT2D eigenvalue weighted by Crippen LogP contribution is -2.32. The maximum absolute atomic E-state index is 12.9. The molecule has 172 valence electrons. The molecule has 0 fully saturated rings. The zero-order valence-electron chi connectivity index (χ0n) is 18.1. The molecule has 35 heavy (non-hydrogen) atoms. The Labute approximate surface area is 210 Å². The van der Waals surface area contributed by atoms with Gasteiger partial charge >= 0.3 is 0 Å². The summed E-state index contributed by atoms with van der Waals surface area (Å²) in [6, 6.07) is 26.5. The molecule has 8 heteroatoms. The van der Waals surface area contributed by atoms with E-state index in [1.54, 1.807) is 48.5 Å². The highest BCUT2D eigenvalue weighted by molar-refractivity contribution is 6.53. The van der Waals surface area contributed by atoms with Crippen LogP contribution in [0, 0.1) is 0 Å². The van der Waals surface area contributed by atoms with Gasteiger partial charge in [-0.1, -0.05) is 71.7 Å². The number of carbonyl (C=O) groups excluding carboxylic acids is 3. The standard InChI is InChI=1S/C27H17Cl2N3O3/c28-20-9-3-4-11-22(20)32-26(34)23(29)24(27(32)35)30-18-14-12-17(13-15-18)25(33)31-21-10-5-7-16-6-1-2-8-19(16)21/h1-15,30H,(H,31,33). The summed E-state index contributed by atoms with van der Waals surface area (Å²) in [5, 5.41) is 7.80. The van der Waals surface area contributed by atoms with Crippen molar-refractivity contribution in [1.29, 1.82) is 0 Å². The lowest BCUT2D eigenvalue weighted by molar-refractivity contribution is -0.120. The average Bonchev–Trinajstić information content (AvgIpc) is 3.08. The van der Waals surface area contributed by atoms with E-state index in [1.807, 2.05) is 42.5 Å². The molecule has 0 saturated carbocycles. The summed E-state index contributed by atoms with van der Waals surface area (Å²) in [5.74, 6) is -1.56. The van der Waals surface area contributed by atoms with E-state index < -0.39 is 11.8 Å². The van der Waals surface area contributed by atoms with Crippen molar-refractivity contribution < 1.29 is 14.4 Å². The summed E-state index contributed by atoms with van der Waals surface area (Å²) in [5.41, 5.74) is 1.81. The van der Waals surface area contributed by atoms with Gasteiger partial charge in [0.25, 0.3) is 17.7 Å². The normalized spacial score (nSPS) is 13.5. The highest BCUT2D eigenvalue weighted by atomic mass is 35.5. The van der Waals surface area contributed by atoms with Gasteiger partial charge in [0.1, 0.15) is 10.7 Å². The average molecular weight is 502 g/mol. The number of anilines is 3. The van der Waals surface area contributed by atoms with Crippen LogP contribution in [0.4, 0.5) is 17.1 Å². The molecule has 0 saturated heterocycles. The number of nitrogens with zero attached hydrogens (tertiary/aromatic N) is 1. The summed E-state index contributed by atoms with van der Waals surface area (Å²) in [6.07, 6.45) is 0. The molecule has 4 aromatic rings. The van der Waals surface area contributed by atoms with Gasteiger partial charge < -0.3 is 10.6 Å². The minimum atomic E-state index is -0.668. The summed E-state index contributed by atoms with van der Waals surface area (Å²) in [4.78, 5) is 39.3. The molecule has 2 N–H and O–H groups in total. The van der Waals surface area contributed by atoms with Gasteiger partial charge in [0.2, 0.25) is 0 Å². The first-order valence-electron chi connectivity index (χ1n) is 10.6. The van der Waals surface area contributed by atoms with Crippen molar-refractivity contribution in [3.63, 3.8) is 0 Å². The van der Waals surface area contributed by atoms with Gasteiger partial charge in [0.15, 0.2) is 0 Å². The lowest BCUT2D eigenvalue weighted by atomic mass is 10.1. The fourth-order valence-electron chi connectivity index (χ4n) is 3.84. The maximum Gasteiger partial charge on any atom is 0.283 e. The van der Waals surface area contributed by atoms with E-state index >= 15 is 0 Å². The van der Waals surface area contributed by atoms with Gasteiger partial charge in [-0.2, -0.15) is 0 Å². The molecule has 1 aliphatic rings. The van der Waals surface area contributed by atoms with Crippen molar-refractivity contribution >= 4 is 68.8 Å². The van der Waals surface area contributed by atoms with Crippen LogP contribution in [0.15, 0.2) is 102 Å². The number of para-hydroxylation sites is 1. The Morgan fingerprint density at radius 2 is 1.43 bits per heavy atom. The fraction of sp³-hybridized carbons (Fsp3) is 0. The molecule has 1 aliphatic heterocycles. The number of imide groups is 1. The highest BCUT2D eigenvalue weighted by Crippen LogP contribution is 2.34. The molecule has 5 rings (SSSR count). The Morgan fingerprint density at radius 1 is 0.743 bits per heavy atom. The topological polar surface area (TPSA) is 78.5 Å².